The zero-order valence-corrected chi connectivity index (χ0v) is 10.1. The molecule has 5 nitrogen and oxygen atoms in total. The second kappa shape index (κ2) is 4.92. The minimum Gasteiger partial charge on any atom is -0.374 e. The standard InChI is InChI=1S/C11H12N4OS/c1-7-2-4-8(5-3-7)6-9(16)13-11-15-14-10(12)17-11/h2-5H,6H2,1H3,(H2,12,14)(H,13,15,16). The number of nitrogens with one attached hydrogen (secondary N) is 1. The number of carbonyl (C=O) groups excluding carboxylic acids is 1. The molecule has 0 aliphatic carbocycles. The second-order valence-electron chi connectivity index (χ2n) is 3.66. The summed E-state index contributed by atoms with van der Waals surface area (Å²) in [6.07, 6.45) is 0.319. The third-order valence-electron chi connectivity index (χ3n) is 2.17. The van der Waals surface area contributed by atoms with Crippen molar-refractivity contribution in [2.75, 3.05) is 11.1 Å². The van der Waals surface area contributed by atoms with Gasteiger partial charge in [0.15, 0.2) is 0 Å². The number of hydrogen-bond donors (Lipinski definition) is 2. The van der Waals surface area contributed by atoms with Crippen molar-refractivity contribution >= 4 is 27.5 Å². The maximum Gasteiger partial charge on any atom is 0.230 e. The molecule has 6 heteroatoms. The fraction of sp³-hybridized carbons (Fsp3) is 0.182. The molecule has 0 spiro atoms. The van der Waals surface area contributed by atoms with Gasteiger partial charge in [-0.25, -0.2) is 0 Å². The first-order chi connectivity index (χ1) is 8.13. The van der Waals surface area contributed by atoms with Crippen LogP contribution in [0.15, 0.2) is 24.3 Å². The van der Waals surface area contributed by atoms with Crippen LogP contribution in [0.25, 0.3) is 0 Å². The molecule has 0 aliphatic rings. The van der Waals surface area contributed by atoms with Crippen molar-refractivity contribution in [2.45, 2.75) is 13.3 Å². The summed E-state index contributed by atoms with van der Waals surface area (Å²) in [5.74, 6) is -0.120. The highest BCUT2D eigenvalue weighted by molar-refractivity contribution is 7.18. The monoisotopic (exact) mass is 248 g/mol. The molecule has 0 unspecified atom stereocenters. The largest absolute Gasteiger partial charge is 0.374 e. The molecule has 17 heavy (non-hydrogen) atoms. The van der Waals surface area contributed by atoms with Gasteiger partial charge in [-0.15, -0.1) is 10.2 Å². The molecule has 0 saturated carbocycles. The molecular weight excluding hydrogens is 236 g/mol. The number of aromatic nitrogens is 2. The predicted octanol–water partition coefficient (Wildman–Crippen LogP) is 1.61. The molecule has 0 radical (unpaired) electrons. The molecule has 0 bridgehead atoms. The average molecular weight is 248 g/mol. The van der Waals surface area contributed by atoms with E-state index >= 15 is 0 Å². The Labute approximate surface area is 103 Å². The van der Waals surface area contributed by atoms with Crippen LogP contribution >= 0.6 is 11.3 Å². The van der Waals surface area contributed by atoms with E-state index in [1.807, 2.05) is 31.2 Å². The van der Waals surface area contributed by atoms with Crippen LogP contribution < -0.4 is 11.1 Å². The van der Waals surface area contributed by atoms with Crippen molar-refractivity contribution in [3.8, 4) is 0 Å². The number of benzene rings is 1. The normalized spacial score (nSPS) is 10.2. The zero-order valence-electron chi connectivity index (χ0n) is 9.30. The number of rotatable bonds is 3. The van der Waals surface area contributed by atoms with Gasteiger partial charge in [-0.2, -0.15) is 0 Å². The number of nitrogens with zero attached hydrogens (tertiary/aromatic N) is 2. The summed E-state index contributed by atoms with van der Waals surface area (Å²) in [6, 6.07) is 7.82. The zero-order chi connectivity index (χ0) is 12.3. The van der Waals surface area contributed by atoms with E-state index in [1.165, 1.54) is 5.56 Å². The quantitative estimate of drug-likeness (QED) is 0.864. The molecule has 2 rings (SSSR count). The minimum atomic E-state index is -0.120. The topological polar surface area (TPSA) is 80.9 Å². The summed E-state index contributed by atoms with van der Waals surface area (Å²) >= 11 is 1.15. The average Bonchev–Trinajstić information content (AvgIpc) is 2.67. The van der Waals surface area contributed by atoms with Crippen LogP contribution in [0, 0.1) is 6.92 Å². The molecule has 88 valence electrons. The van der Waals surface area contributed by atoms with Gasteiger partial charge < -0.3 is 11.1 Å². The van der Waals surface area contributed by atoms with Crippen LogP contribution in [0.5, 0.6) is 0 Å². The van der Waals surface area contributed by atoms with Gasteiger partial charge in [0.05, 0.1) is 6.42 Å². The van der Waals surface area contributed by atoms with E-state index in [1.54, 1.807) is 0 Å². The van der Waals surface area contributed by atoms with E-state index < -0.39 is 0 Å². The Morgan fingerprint density at radius 1 is 1.35 bits per heavy atom. The molecule has 1 aromatic carbocycles. The molecule has 1 heterocycles. The molecule has 0 aliphatic heterocycles. The molecule has 1 aromatic heterocycles. The van der Waals surface area contributed by atoms with Crippen molar-refractivity contribution in [3.05, 3.63) is 35.4 Å². The predicted molar refractivity (Wildman–Crippen MR) is 67.8 cm³/mol. The van der Waals surface area contributed by atoms with Gasteiger partial charge in [-0.05, 0) is 12.5 Å². The van der Waals surface area contributed by atoms with Crippen molar-refractivity contribution < 1.29 is 4.79 Å². The summed E-state index contributed by atoms with van der Waals surface area (Å²) in [7, 11) is 0. The molecule has 0 atom stereocenters. The Hall–Kier alpha value is -1.95. The van der Waals surface area contributed by atoms with Gasteiger partial charge in [-0.1, -0.05) is 41.2 Å². The number of carbonyl (C=O) groups is 1. The number of amides is 1. The molecule has 1 amide bonds. The number of anilines is 2. The van der Waals surface area contributed by atoms with Crippen LogP contribution in [0.3, 0.4) is 0 Å². The number of aryl methyl sites for hydroxylation is 1. The van der Waals surface area contributed by atoms with Gasteiger partial charge in [0, 0.05) is 0 Å². The third kappa shape index (κ3) is 3.25. The van der Waals surface area contributed by atoms with E-state index in [4.69, 9.17) is 5.73 Å². The van der Waals surface area contributed by atoms with Crippen molar-refractivity contribution in [2.24, 2.45) is 0 Å². The van der Waals surface area contributed by atoms with Crippen LogP contribution in [0.2, 0.25) is 0 Å². The number of hydrogen-bond acceptors (Lipinski definition) is 5. The van der Waals surface area contributed by atoms with E-state index in [0.717, 1.165) is 16.9 Å². The Balaban J connectivity index is 1.95. The SMILES string of the molecule is Cc1ccc(CC(=O)Nc2nnc(N)s2)cc1. The van der Waals surface area contributed by atoms with Gasteiger partial charge in [0.25, 0.3) is 0 Å². The summed E-state index contributed by atoms with van der Waals surface area (Å²) in [4.78, 5) is 11.7. The second-order valence-corrected chi connectivity index (χ2v) is 4.67. The van der Waals surface area contributed by atoms with Crippen molar-refractivity contribution in [3.63, 3.8) is 0 Å². The highest BCUT2D eigenvalue weighted by Gasteiger charge is 2.07. The number of nitrogen functional groups attached to an aromatic ring is 1. The highest BCUT2D eigenvalue weighted by atomic mass is 32.1. The molecule has 2 aromatic rings. The van der Waals surface area contributed by atoms with E-state index in [2.05, 4.69) is 15.5 Å². The molecule has 0 fully saturated rings. The Morgan fingerprint density at radius 2 is 2.06 bits per heavy atom. The van der Waals surface area contributed by atoms with Crippen molar-refractivity contribution in [1.29, 1.82) is 0 Å². The van der Waals surface area contributed by atoms with Gasteiger partial charge in [0.1, 0.15) is 0 Å². The third-order valence-corrected chi connectivity index (χ3v) is 2.84. The Bertz CT molecular complexity index is 521. The lowest BCUT2D eigenvalue weighted by Gasteiger charge is -2.01. The fourth-order valence-electron chi connectivity index (χ4n) is 1.34. The summed E-state index contributed by atoms with van der Waals surface area (Å²) in [5, 5.41) is 10.8. The molecular formula is C11H12N4OS. The lowest BCUT2D eigenvalue weighted by Crippen LogP contribution is -2.14. The highest BCUT2D eigenvalue weighted by Crippen LogP contribution is 2.16. The maximum atomic E-state index is 11.7. The fourth-order valence-corrected chi connectivity index (χ4v) is 1.87. The summed E-state index contributed by atoms with van der Waals surface area (Å²) in [5.41, 5.74) is 7.55. The van der Waals surface area contributed by atoms with E-state index in [0.29, 0.717) is 16.7 Å². The van der Waals surface area contributed by atoms with Gasteiger partial charge in [-0.3, -0.25) is 4.79 Å². The molecule has 3 N–H and O–H groups in total. The van der Waals surface area contributed by atoms with Gasteiger partial charge in [0.2, 0.25) is 16.2 Å². The van der Waals surface area contributed by atoms with Crippen LogP contribution in [-0.4, -0.2) is 16.1 Å². The smallest absolute Gasteiger partial charge is 0.230 e. The van der Waals surface area contributed by atoms with Crippen LogP contribution in [0.1, 0.15) is 11.1 Å². The van der Waals surface area contributed by atoms with Gasteiger partial charge >= 0.3 is 0 Å². The van der Waals surface area contributed by atoms with E-state index in [-0.39, 0.29) is 5.91 Å². The van der Waals surface area contributed by atoms with Crippen LogP contribution in [0.4, 0.5) is 10.3 Å². The first kappa shape index (κ1) is 11.5. The first-order valence-electron chi connectivity index (χ1n) is 5.08. The maximum absolute atomic E-state index is 11.7. The summed E-state index contributed by atoms with van der Waals surface area (Å²) < 4.78 is 0. The summed E-state index contributed by atoms with van der Waals surface area (Å²) in [6.45, 7) is 2.01. The van der Waals surface area contributed by atoms with E-state index in [9.17, 15) is 4.79 Å². The Kier molecular flexibility index (Phi) is 3.34. The number of nitrogens with two attached hydrogens (primary N) is 1. The lowest BCUT2D eigenvalue weighted by atomic mass is 10.1. The van der Waals surface area contributed by atoms with Crippen LogP contribution in [-0.2, 0) is 11.2 Å². The lowest BCUT2D eigenvalue weighted by molar-refractivity contribution is -0.115. The molecule has 0 saturated heterocycles. The van der Waals surface area contributed by atoms with Crippen molar-refractivity contribution in [1.82, 2.24) is 10.2 Å². The minimum absolute atomic E-state index is 0.120. The Morgan fingerprint density at radius 3 is 2.65 bits per heavy atom. The first-order valence-corrected chi connectivity index (χ1v) is 5.89.